The molecule has 0 aromatic carbocycles. The van der Waals surface area contributed by atoms with Crippen LogP contribution in [0.15, 0.2) is 0 Å². The van der Waals surface area contributed by atoms with E-state index in [0.717, 1.165) is 25.8 Å². The van der Waals surface area contributed by atoms with Crippen LogP contribution in [0.4, 0.5) is 0 Å². The van der Waals surface area contributed by atoms with Gasteiger partial charge < -0.3 is 5.32 Å². The second kappa shape index (κ2) is 7.49. The van der Waals surface area contributed by atoms with E-state index in [1.54, 1.807) is 0 Å². The average Bonchev–Trinajstić information content (AvgIpc) is 2.65. The van der Waals surface area contributed by atoms with E-state index in [9.17, 15) is 8.42 Å². The van der Waals surface area contributed by atoms with Crippen LogP contribution in [0, 0.1) is 11.8 Å². The van der Waals surface area contributed by atoms with Gasteiger partial charge in [-0.3, -0.25) is 0 Å². The summed E-state index contributed by atoms with van der Waals surface area (Å²) in [5.74, 6) is 1.81. The Bertz CT molecular complexity index is 327. The van der Waals surface area contributed by atoms with Gasteiger partial charge in [0.2, 0.25) is 0 Å². The molecule has 1 saturated heterocycles. The zero-order valence-corrected chi connectivity index (χ0v) is 12.9. The Kier molecular flexibility index (Phi) is 6.64. The summed E-state index contributed by atoms with van der Waals surface area (Å²) in [6.45, 7) is 7.66. The Balaban J connectivity index is 2.55. The van der Waals surface area contributed by atoms with E-state index in [-0.39, 0.29) is 0 Å². The van der Waals surface area contributed by atoms with Gasteiger partial charge in [-0.05, 0) is 37.6 Å². The van der Waals surface area contributed by atoms with Crippen LogP contribution in [-0.4, -0.2) is 32.5 Å². The lowest BCUT2D eigenvalue weighted by molar-refractivity contribution is 0.309. The Labute approximate surface area is 113 Å². The number of nitrogens with one attached hydrogen (secondary N) is 1. The molecule has 1 rings (SSSR count). The summed E-state index contributed by atoms with van der Waals surface area (Å²) >= 11 is 0. The highest BCUT2D eigenvalue weighted by Crippen LogP contribution is 2.26. The molecule has 0 spiro atoms. The molecule has 0 aliphatic carbocycles. The van der Waals surface area contributed by atoms with Crippen molar-refractivity contribution in [2.75, 3.05) is 18.1 Å². The van der Waals surface area contributed by atoms with Crippen molar-refractivity contribution in [3.8, 4) is 0 Å². The van der Waals surface area contributed by atoms with E-state index in [4.69, 9.17) is 0 Å². The SMILES string of the molecule is CCCNC(CC(C)CCC)C1CCS(=O)(=O)C1. The molecule has 0 amide bonds. The van der Waals surface area contributed by atoms with Crippen LogP contribution in [0.5, 0.6) is 0 Å². The standard InChI is InChI=1S/C14H29NO2S/c1-4-6-12(3)10-14(15-8-5-2)13-7-9-18(16,17)11-13/h12-15H,4-11H2,1-3H3. The molecule has 3 atom stereocenters. The minimum Gasteiger partial charge on any atom is -0.314 e. The lowest BCUT2D eigenvalue weighted by atomic mass is 9.89. The van der Waals surface area contributed by atoms with Gasteiger partial charge in [0.15, 0.2) is 9.84 Å². The Morgan fingerprint density at radius 3 is 2.50 bits per heavy atom. The van der Waals surface area contributed by atoms with Gasteiger partial charge in [0.05, 0.1) is 11.5 Å². The van der Waals surface area contributed by atoms with Crippen molar-refractivity contribution >= 4 is 9.84 Å². The van der Waals surface area contributed by atoms with Gasteiger partial charge >= 0.3 is 0 Å². The molecule has 0 radical (unpaired) electrons. The van der Waals surface area contributed by atoms with Crippen LogP contribution in [0.25, 0.3) is 0 Å². The van der Waals surface area contributed by atoms with E-state index < -0.39 is 9.84 Å². The minimum atomic E-state index is -2.75. The molecule has 1 fully saturated rings. The predicted molar refractivity (Wildman–Crippen MR) is 77.5 cm³/mol. The van der Waals surface area contributed by atoms with Gasteiger partial charge in [-0.25, -0.2) is 8.42 Å². The molecule has 3 unspecified atom stereocenters. The summed E-state index contributed by atoms with van der Waals surface area (Å²) in [6, 6.07) is 0.392. The van der Waals surface area contributed by atoms with E-state index in [0.29, 0.717) is 29.4 Å². The van der Waals surface area contributed by atoms with E-state index in [2.05, 4.69) is 26.1 Å². The summed E-state index contributed by atoms with van der Waals surface area (Å²) in [5.41, 5.74) is 0. The fourth-order valence-electron chi connectivity index (χ4n) is 2.96. The predicted octanol–water partition coefficient (Wildman–Crippen LogP) is 2.62. The summed E-state index contributed by atoms with van der Waals surface area (Å²) in [7, 11) is -2.75. The summed E-state index contributed by atoms with van der Waals surface area (Å²) in [5, 5.41) is 3.57. The summed E-state index contributed by atoms with van der Waals surface area (Å²) < 4.78 is 23.2. The van der Waals surface area contributed by atoms with Crippen molar-refractivity contribution in [3.05, 3.63) is 0 Å². The monoisotopic (exact) mass is 275 g/mol. The third-order valence-electron chi connectivity index (χ3n) is 3.93. The van der Waals surface area contributed by atoms with Gasteiger partial charge in [-0.1, -0.05) is 33.6 Å². The zero-order valence-electron chi connectivity index (χ0n) is 12.1. The highest BCUT2D eigenvalue weighted by molar-refractivity contribution is 7.91. The minimum absolute atomic E-state index is 0.334. The second-order valence-corrected chi connectivity index (χ2v) is 8.08. The quantitative estimate of drug-likeness (QED) is 0.740. The normalized spacial score (nSPS) is 26.1. The highest BCUT2D eigenvalue weighted by Gasteiger charge is 2.33. The number of hydrogen-bond donors (Lipinski definition) is 1. The van der Waals surface area contributed by atoms with E-state index >= 15 is 0 Å². The third-order valence-corrected chi connectivity index (χ3v) is 5.72. The van der Waals surface area contributed by atoms with Crippen LogP contribution < -0.4 is 5.32 Å². The third kappa shape index (κ3) is 5.27. The Hall–Kier alpha value is -0.0900. The molecule has 1 aliphatic heterocycles. The molecule has 4 heteroatoms. The maximum Gasteiger partial charge on any atom is 0.150 e. The summed E-state index contributed by atoms with van der Waals surface area (Å²) in [6.07, 6.45) is 5.53. The fourth-order valence-corrected chi connectivity index (χ4v) is 4.84. The molecule has 0 aromatic rings. The number of rotatable bonds is 8. The first-order chi connectivity index (χ1) is 8.48. The Morgan fingerprint density at radius 2 is 2.00 bits per heavy atom. The molecule has 0 bridgehead atoms. The van der Waals surface area contributed by atoms with Gasteiger partial charge in [-0.2, -0.15) is 0 Å². The second-order valence-electron chi connectivity index (χ2n) is 5.85. The van der Waals surface area contributed by atoms with Gasteiger partial charge in [0.25, 0.3) is 0 Å². The fraction of sp³-hybridized carbons (Fsp3) is 1.00. The molecule has 0 aromatic heterocycles. The molecule has 3 nitrogen and oxygen atoms in total. The van der Waals surface area contributed by atoms with E-state index in [1.165, 1.54) is 12.8 Å². The largest absolute Gasteiger partial charge is 0.314 e. The molecule has 1 aliphatic rings. The van der Waals surface area contributed by atoms with Crippen molar-refractivity contribution in [2.45, 2.75) is 58.9 Å². The number of hydrogen-bond acceptors (Lipinski definition) is 3. The molecule has 1 N–H and O–H groups in total. The smallest absolute Gasteiger partial charge is 0.150 e. The molecule has 108 valence electrons. The Morgan fingerprint density at radius 1 is 1.28 bits per heavy atom. The lowest BCUT2D eigenvalue weighted by Crippen LogP contribution is -2.38. The summed E-state index contributed by atoms with van der Waals surface area (Å²) in [4.78, 5) is 0. The molecule has 1 heterocycles. The number of sulfone groups is 1. The van der Waals surface area contributed by atoms with Crippen molar-refractivity contribution in [3.63, 3.8) is 0 Å². The van der Waals surface area contributed by atoms with Crippen molar-refractivity contribution in [2.24, 2.45) is 11.8 Å². The molecule has 0 saturated carbocycles. The maximum absolute atomic E-state index is 11.6. The first-order valence-electron chi connectivity index (χ1n) is 7.42. The van der Waals surface area contributed by atoms with Crippen LogP contribution >= 0.6 is 0 Å². The highest BCUT2D eigenvalue weighted by atomic mass is 32.2. The van der Waals surface area contributed by atoms with Crippen LogP contribution in [-0.2, 0) is 9.84 Å². The lowest BCUT2D eigenvalue weighted by Gasteiger charge is -2.26. The molecule has 18 heavy (non-hydrogen) atoms. The first kappa shape index (κ1) is 16.0. The van der Waals surface area contributed by atoms with Crippen molar-refractivity contribution < 1.29 is 8.42 Å². The average molecular weight is 275 g/mol. The zero-order chi connectivity index (χ0) is 13.6. The molecular weight excluding hydrogens is 246 g/mol. The molecular formula is C14H29NO2S. The maximum atomic E-state index is 11.6. The van der Waals surface area contributed by atoms with Gasteiger partial charge in [0, 0.05) is 6.04 Å². The van der Waals surface area contributed by atoms with Crippen molar-refractivity contribution in [1.29, 1.82) is 0 Å². The van der Waals surface area contributed by atoms with Gasteiger partial charge in [0.1, 0.15) is 0 Å². The first-order valence-corrected chi connectivity index (χ1v) is 9.24. The van der Waals surface area contributed by atoms with Gasteiger partial charge in [-0.15, -0.1) is 0 Å². The van der Waals surface area contributed by atoms with Crippen LogP contribution in [0.3, 0.4) is 0 Å². The van der Waals surface area contributed by atoms with Crippen LogP contribution in [0.1, 0.15) is 52.9 Å². The van der Waals surface area contributed by atoms with E-state index in [1.807, 2.05) is 0 Å². The van der Waals surface area contributed by atoms with Crippen LogP contribution in [0.2, 0.25) is 0 Å². The topological polar surface area (TPSA) is 46.2 Å². The van der Waals surface area contributed by atoms with Crippen molar-refractivity contribution in [1.82, 2.24) is 5.32 Å².